The summed E-state index contributed by atoms with van der Waals surface area (Å²) in [5, 5.41) is 11.1. The number of hydrogen-bond donors (Lipinski definition) is 2. The van der Waals surface area contributed by atoms with Crippen molar-refractivity contribution in [3.05, 3.63) is 34.6 Å². The highest BCUT2D eigenvalue weighted by Gasteiger charge is 2.23. The lowest BCUT2D eigenvalue weighted by molar-refractivity contribution is -0.139. The molecule has 1 atom stereocenters. The van der Waals surface area contributed by atoms with Crippen molar-refractivity contribution in [1.29, 1.82) is 0 Å². The van der Waals surface area contributed by atoms with Crippen molar-refractivity contribution < 1.29 is 19.1 Å². The third-order valence-corrected chi connectivity index (χ3v) is 2.89. The van der Waals surface area contributed by atoms with E-state index in [0.29, 0.717) is 0 Å². The Bertz CT molecular complexity index is 491. The molecular weight excluding hydrogens is 273 g/mol. The van der Waals surface area contributed by atoms with Crippen molar-refractivity contribution in [2.45, 2.75) is 26.3 Å². The Balaban J connectivity index is 2.88. The minimum atomic E-state index is -1.13. The van der Waals surface area contributed by atoms with Gasteiger partial charge >= 0.3 is 5.97 Å². The first-order valence-corrected chi connectivity index (χ1v) is 6.18. The maximum atomic E-state index is 13.2. The van der Waals surface area contributed by atoms with E-state index in [1.807, 2.05) is 13.8 Å². The second-order valence-electron chi connectivity index (χ2n) is 4.60. The van der Waals surface area contributed by atoms with E-state index in [1.54, 1.807) is 0 Å². The molecule has 0 aromatic heterocycles. The lowest BCUT2D eigenvalue weighted by Crippen LogP contribution is -2.41. The molecule has 2 N–H and O–H groups in total. The van der Waals surface area contributed by atoms with Crippen LogP contribution in [0.1, 0.15) is 30.6 Å². The largest absolute Gasteiger partial charge is 0.480 e. The van der Waals surface area contributed by atoms with Gasteiger partial charge in [-0.2, -0.15) is 0 Å². The number of carbonyl (C=O) groups is 2. The van der Waals surface area contributed by atoms with E-state index in [1.165, 1.54) is 12.1 Å². The van der Waals surface area contributed by atoms with Crippen LogP contribution < -0.4 is 5.32 Å². The zero-order chi connectivity index (χ0) is 14.6. The van der Waals surface area contributed by atoms with Crippen LogP contribution in [0.2, 0.25) is 5.02 Å². The molecule has 1 aromatic rings. The van der Waals surface area contributed by atoms with Crippen LogP contribution in [-0.2, 0) is 4.79 Å². The predicted octanol–water partition coefficient (Wildman–Crippen LogP) is 2.71. The normalized spacial score (nSPS) is 12.3. The quantitative estimate of drug-likeness (QED) is 0.875. The summed E-state index contributed by atoms with van der Waals surface area (Å²) in [7, 11) is 0. The van der Waals surface area contributed by atoms with Gasteiger partial charge in [-0.25, -0.2) is 9.18 Å². The van der Waals surface area contributed by atoms with Crippen LogP contribution in [0.4, 0.5) is 4.39 Å². The zero-order valence-corrected chi connectivity index (χ0v) is 11.4. The second-order valence-corrected chi connectivity index (χ2v) is 4.97. The highest BCUT2D eigenvalue weighted by Crippen LogP contribution is 2.19. The molecule has 0 saturated heterocycles. The molecule has 0 aliphatic rings. The Kier molecular flexibility index (Phi) is 5.30. The van der Waals surface area contributed by atoms with Crippen molar-refractivity contribution in [1.82, 2.24) is 5.32 Å². The van der Waals surface area contributed by atoms with E-state index < -0.39 is 23.7 Å². The highest BCUT2D eigenvalue weighted by atomic mass is 35.5. The molecule has 6 heteroatoms. The van der Waals surface area contributed by atoms with Crippen molar-refractivity contribution >= 4 is 23.5 Å². The van der Waals surface area contributed by atoms with Gasteiger partial charge in [-0.05, 0) is 24.5 Å². The summed E-state index contributed by atoms with van der Waals surface area (Å²) in [6, 6.07) is 2.79. The van der Waals surface area contributed by atoms with Gasteiger partial charge in [0.2, 0.25) is 0 Å². The SMILES string of the molecule is CC(C)CC(NC(=O)c1cccc(F)c1Cl)C(=O)O. The Morgan fingerprint density at radius 1 is 1.42 bits per heavy atom. The number of halogens is 2. The monoisotopic (exact) mass is 287 g/mol. The fourth-order valence-corrected chi connectivity index (χ4v) is 1.82. The molecule has 0 bridgehead atoms. The number of nitrogens with one attached hydrogen (secondary N) is 1. The summed E-state index contributed by atoms with van der Waals surface area (Å²) in [5.41, 5.74) is -0.0725. The van der Waals surface area contributed by atoms with E-state index in [0.717, 1.165) is 6.07 Å². The summed E-state index contributed by atoms with van der Waals surface area (Å²) < 4.78 is 13.2. The van der Waals surface area contributed by atoms with Crippen LogP contribution in [0.15, 0.2) is 18.2 Å². The molecule has 4 nitrogen and oxygen atoms in total. The summed E-state index contributed by atoms with van der Waals surface area (Å²) in [6.07, 6.45) is 0.286. The Hall–Kier alpha value is -1.62. The summed E-state index contributed by atoms with van der Waals surface area (Å²) in [6.45, 7) is 3.69. The maximum Gasteiger partial charge on any atom is 0.326 e. The number of benzene rings is 1. The molecule has 1 unspecified atom stereocenters. The van der Waals surface area contributed by atoms with Gasteiger partial charge in [0.05, 0.1) is 10.6 Å². The van der Waals surface area contributed by atoms with Crippen molar-refractivity contribution in [3.8, 4) is 0 Å². The summed E-state index contributed by atoms with van der Waals surface area (Å²) >= 11 is 5.67. The minimum Gasteiger partial charge on any atom is -0.480 e. The molecule has 1 amide bonds. The van der Waals surface area contributed by atoms with Crippen molar-refractivity contribution in [2.24, 2.45) is 5.92 Å². The molecule has 0 aliphatic carbocycles. The van der Waals surface area contributed by atoms with Crippen LogP contribution in [0.5, 0.6) is 0 Å². The minimum absolute atomic E-state index is 0.0725. The van der Waals surface area contributed by atoms with Gasteiger partial charge in [-0.1, -0.05) is 31.5 Å². The topological polar surface area (TPSA) is 66.4 Å². The Labute approximate surface area is 115 Å². The van der Waals surface area contributed by atoms with E-state index in [9.17, 15) is 14.0 Å². The lowest BCUT2D eigenvalue weighted by atomic mass is 10.0. The first-order valence-electron chi connectivity index (χ1n) is 5.80. The number of aliphatic carboxylic acids is 1. The second kappa shape index (κ2) is 6.52. The molecule has 0 saturated carbocycles. The third-order valence-electron chi connectivity index (χ3n) is 2.51. The predicted molar refractivity (Wildman–Crippen MR) is 69.8 cm³/mol. The number of rotatable bonds is 5. The van der Waals surface area contributed by atoms with Gasteiger partial charge in [0.15, 0.2) is 0 Å². The van der Waals surface area contributed by atoms with Gasteiger partial charge < -0.3 is 10.4 Å². The first-order chi connectivity index (χ1) is 8.82. The molecular formula is C13H15ClFNO3. The average Bonchev–Trinajstić information content (AvgIpc) is 2.31. The standard InChI is InChI=1S/C13H15ClFNO3/c1-7(2)6-10(13(18)19)16-12(17)8-4-3-5-9(15)11(8)14/h3-5,7,10H,6H2,1-2H3,(H,16,17)(H,18,19). The number of amides is 1. The molecule has 0 radical (unpaired) electrons. The zero-order valence-electron chi connectivity index (χ0n) is 10.6. The van der Waals surface area contributed by atoms with E-state index in [4.69, 9.17) is 16.7 Å². The average molecular weight is 288 g/mol. The molecule has 19 heavy (non-hydrogen) atoms. The fourth-order valence-electron chi connectivity index (χ4n) is 1.61. The smallest absolute Gasteiger partial charge is 0.326 e. The summed E-state index contributed by atoms with van der Waals surface area (Å²) in [4.78, 5) is 22.9. The number of hydrogen-bond acceptors (Lipinski definition) is 2. The fraction of sp³-hybridized carbons (Fsp3) is 0.385. The van der Waals surface area contributed by atoms with Crippen molar-refractivity contribution in [3.63, 3.8) is 0 Å². The maximum absolute atomic E-state index is 13.2. The highest BCUT2D eigenvalue weighted by molar-refractivity contribution is 6.34. The molecule has 1 aromatic carbocycles. The molecule has 0 heterocycles. The lowest BCUT2D eigenvalue weighted by Gasteiger charge is -2.16. The van der Waals surface area contributed by atoms with Crippen molar-refractivity contribution in [2.75, 3.05) is 0 Å². The third kappa shape index (κ3) is 4.21. The van der Waals surface area contributed by atoms with Gasteiger partial charge in [0.25, 0.3) is 5.91 Å². The molecule has 0 fully saturated rings. The Morgan fingerprint density at radius 3 is 2.58 bits per heavy atom. The number of carboxylic acid groups (broad SMARTS) is 1. The molecule has 0 spiro atoms. The van der Waals surface area contributed by atoms with Gasteiger partial charge in [0, 0.05) is 0 Å². The summed E-state index contributed by atoms with van der Waals surface area (Å²) in [5.74, 6) is -2.44. The number of carboxylic acids is 1. The Morgan fingerprint density at radius 2 is 2.05 bits per heavy atom. The van der Waals surface area contributed by atoms with Gasteiger partial charge in [0.1, 0.15) is 11.9 Å². The van der Waals surface area contributed by atoms with Crippen LogP contribution in [0, 0.1) is 11.7 Å². The molecule has 0 aliphatic heterocycles. The van der Waals surface area contributed by atoms with Crippen LogP contribution in [0.25, 0.3) is 0 Å². The molecule has 1 rings (SSSR count). The first kappa shape index (κ1) is 15.4. The van der Waals surface area contributed by atoms with Crippen LogP contribution in [-0.4, -0.2) is 23.0 Å². The van der Waals surface area contributed by atoms with E-state index in [-0.39, 0.29) is 22.9 Å². The van der Waals surface area contributed by atoms with E-state index >= 15 is 0 Å². The van der Waals surface area contributed by atoms with Crippen LogP contribution in [0.3, 0.4) is 0 Å². The van der Waals surface area contributed by atoms with E-state index in [2.05, 4.69) is 5.32 Å². The van der Waals surface area contributed by atoms with Gasteiger partial charge in [-0.3, -0.25) is 4.79 Å². The van der Waals surface area contributed by atoms with Crippen LogP contribution >= 0.6 is 11.6 Å². The number of carbonyl (C=O) groups excluding carboxylic acids is 1. The molecule has 104 valence electrons. The van der Waals surface area contributed by atoms with Gasteiger partial charge in [-0.15, -0.1) is 0 Å².